The van der Waals surface area contributed by atoms with E-state index in [4.69, 9.17) is 16.6 Å². The molecule has 2 heterocycles. The third-order valence-corrected chi connectivity index (χ3v) is 6.56. The number of thiazole rings is 1. The third-order valence-electron chi connectivity index (χ3n) is 5.16. The molecule has 2 nitrogen and oxygen atoms in total. The van der Waals surface area contributed by atoms with Gasteiger partial charge in [-0.1, -0.05) is 18.5 Å². The predicted octanol–water partition coefficient (Wildman–Crippen LogP) is 4.78. The van der Waals surface area contributed by atoms with Crippen LogP contribution in [-0.4, -0.2) is 29.0 Å². The monoisotopic (exact) mass is 308 g/mol. The quantitative estimate of drug-likeness (QED) is 0.753. The Labute approximate surface area is 129 Å². The summed E-state index contributed by atoms with van der Waals surface area (Å²) in [7, 11) is 2.23. The SMILES string of the molecule is CC1C(c2nc3cc(Cl)ccc3s2)CCN(C)C1(C)C. The van der Waals surface area contributed by atoms with Crippen LogP contribution in [0.25, 0.3) is 10.2 Å². The van der Waals surface area contributed by atoms with Crippen molar-refractivity contribution in [1.29, 1.82) is 0 Å². The molecule has 2 unspecified atom stereocenters. The lowest BCUT2D eigenvalue weighted by Gasteiger charge is -2.48. The molecule has 108 valence electrons. The molecule has 4 heteroatoms. The molecule has 0 aliphatic carbocycles. The average molecular weight is 309 g/mol. The summed E-state index contributed by atoms with van der Waals surface area (Å²) in [4.78, 5) is 7.32. The maximum atomic E-state index is 6.06. The summed E-state index contributed by atoms with van der Waals surface area (Å²) >= 11 is 7.89. The Kier molecular flexibility index (Phi) is 3.56. The van der Waals surface area contributed by atoms with Crippen LogP contribution in [0.4, 0.5) is 0 Å². The lowest BCUT2D eigenvalue weighted by molar-refractivity contribution is 0.0386. The maximum absolute atomic E-state index is 6.06. The fraction of sp³-hybridized carbons (Fsp3) is 0.562. The Morgan fingerprint density at radius 2 is 2.15 bits per heavy atom. The predicted molar refractivity (Wildman–Crippen MR) is 87.9 cm³/mol. The summed E-state index contributed by atoms with van der Waals surface area (Å²) in [6.07, 6.45) is 1.19. The molecule has 2 aromatic rings. The zero-order chi connectivity index (χ0) is 14.5. The standard InChI is InChI=1S/C16H21ClN2S/c1-10-12(7-8-19(4)16(10,2)3)15-18-13-9-11(17)5-6-14(13)20-15/h5-6,9-10,12H,7-8H2,1-4H3. The highest BCUT2D eigenvalue weighted by molar-refractivity contribution is 7.18. The van der Waals surface area contributed by atoms with Crippen LogP contribution >= 0.6 is 22.9 Å². The van der Waals surface area contributed by atoms with Gasteiger partial charge in [-0.15, -0.1) is 11.3 Å². The number of aromatic nitrogens is 1. The fourth-order valence-electron chi connectivity index (χ4n) is 3.13. The summed E-state index contributed by atoms with van der Waals surface area (Å²) in [5.41, 5.74) is 1.26. The molecule has 1 aromatic carbocycles. The van der Waals surface area contributed by atoms with Crippen molar-refractivity contribution in [3.05, 3.63) is 28.2 Å². The maximum Gasteiger partial charge on any atom is 0.0973 e. The summed E-state index contributed by atoms with van der Waals surface area (Å²) in [5, 5.41) is 2.04. The Hall–Kier alpha value is -0.640. The molecule has 0 spiro atoms. The lowest BCUT2D eigenvalue weighted by atomic mass is 9.74. The van der Waals surface area contributed by atoms with Crippen LogP contribution in [0.2, 0.25) is 5.02 Å². The number of hydrogen-bond donors (Lipinski definition) is 0. The van der Waals surface area contributed by atoms with Gasteiger partial charge < -0.3 is 4.90 Å². The van der Waals surface area contributed by atoms with E-state index >= 15 is 0 Å². The van der Waals surface area contributed by atoms with Gasteiger partial charge in [0, 0.05) is 16.5 Å². The molecule has 0 radical (unpaired) electrons. The van der Waals surface area contributed by atoms with Crippen LogP contribution in [0, 0.1) is 5.92 Å². The van der Waals surface area contributed by atoms with Crippen molar-refractivity contribution in [1.82, 2.24) is 9.88 Å². The molecule has 0 amide bonds. The molecule has 1 aliphatic rings. The molecule has 3 rings (SSSR count). The van der Waals surface area contributed by atoms with Crippen LogP contribution in [0.15, 0.2) is 18.2 Å². The first-order valence-electron chi connectivity index (χ1n) is 7.17. The number of halogens is 1. The number of benzene rings is 1. The van der Waals surface area contributed by atoms with Gasteiger partial charge in [0.15, 0.2) is 0 Å². The van der Waals surface area contributed by atoms with Gasteiger partial charge in [-0.2, -0.15) is 0 Å². The number of fused-ring (bicyclic) bond motifs is 1. The van der Waals surface area contributed by atoms with Crippen molar-refractivity contribution >= 4 is 33.2 Å². The van der Waals surface area contributed by atoms with E-state index in [2.05, 4.69) is 38.8 Å². The average Bonchev–Trinajstić information content (AvgIpc) is 2.79. The van der Waals surface area contributed by atoms with Crippen LogP contribution in [0.3, 0.4) is 0 Å². The van der Waals surface area contributed by atoms with Crippen molar-refractivity contribution in [2.75, 3.05) is 13.6 Å². The van der Waals surface area contributed by atoms with Gasteiger partial charge in [0.25, 0.3) is 0 Å². The molecule has 0 N–H and O–H groups in total. The normalized spacial score (nSPS) is 27.1. The minimum atomic E-state index is 0.221. The molecule has 20 heavy (non-hydrogen) atoms. The van der Waals surface area contributed by atoms with Gasteiger partial charge in [-0.05, 0) is 58.0 Å². The van der Waals surface area contributed by atoms with Crippen LogP contribution in [-0.2, 0) is 0 Å². The van der Waals surface area contributed by atoms with E-state index in [9.17, 15) is 0 Å². The summed E-state index contributed by atoms with van der Waals surface area (Å²) in [6, 6.07) is 6.01. The molecule has 1 saturated heterocycles. The second kappa shape index (κ2) is 4.97. The second-order valence-electron chi connectivity index (χ2n) is 6.42. The van der Waals surface area contributed by atoms with Crippen molar-refractivity contribution in [2.24, 2.45) is 5.92 Å². The number of hydrogen-bond acceptors (Lipinski definition) is 3. The van der Waals surface area contributed by atoms with E-state index in [0.29, 0.717) is 11.8 Å². The van der Waals surface area contributed by atoms with E-state index in [1.165, 1.54) is 16.1 Å². The summed E-state index contributed by atoms with van der Waals surface area (Å²) in [5.74, 6) is 1.15. The zero-order valence-electron chi connectivity index (χ0n) is 12.5. The van der Waals surface area contributed by atoms with Crippen LogP contribution in [0.5, 0.6) is 0 Å². The topological polar surface area (TPSA) is 16.1 Å². The van der Waals surface area contributed by atoms with Crippen LogP contribution in [0.1, 0.15) is 38.1 Å². The van der Waals surface area contributed by atoms with Crippen molar-refractivity contribution in [3.63, 3.8) is 0 Å². The number of piperidine rings is 1. The second-order valence-corrected chi connectivity index (χ2v) is 7.92. The van der Waals surface area contributed by atoms with E-state index in [0.717, 1.165) is 17.1 Å². The highest BCUT2D eigenvalue weighted by atomic mass is 35.5. The van der Waals surface area contributed by atoms with Gasteiger partial charge in [0.05, 0.1) is 15.2 Å². The highest BCUT2D eigenvalue weighted by Gasteiger charge is 2.41. The molecule has 2 atom stereocenters. The smallest absolute Gasteiger partial charge is 0.0973 e. The van der Waals surface area contributed by atoms with Gasteiger partial charge in [-0.3, -0.25) is 0 Å². The van der Waals surface area contributed by atoms with Crippen molar-refractivity contribution < 1.29 is 0 Å². The first-order valence-corrected chi connectivity index (χ1v) is 8.36. The van der Waals surface area contributed by atoms with E-state index < -0.39 is 0 Å². The van der Waals surface area contributed by atoms with Crippen LogP contribution < -0.4 is 0 Å². The molecule has 1 fully saturated rings. The van der Waals surface area contributed by atoms with Gasteiger partial charge in [-0.25, -0.2) is 4.98 Å². The number of rotatable bonds is 1. The minimum Gasteiger partial charge on any atom is -0.301 e. The molecule has 0 saturated carbocycles. The van der Waals surface area contributed by atoms with Crippen molar-refractivity contribution in [2.45, 2.75) is 38.6 Å². The first-order chi connectivity index (χ1) is 9.39. The van der Waals surface area contributed by atoms with E-state index in [-0.39, 0.29) is 5.54 Å². The Morgan fingerprint density at radius 3 is 2.90 bits per heavy atom. The fourth-order valence-corrected chi connectivity index (χ4v) is 4.48. The largest absolute Gasteiger partial charge is 0.301 e. The molecule has 1 aromatic heterocycles. The summed E-state index contributed by atoms with van der Waals surface area (Å²) in [6.45, 7) is 8.18. The highest BCUT2D eigenvalue weighted by Crippen LogP contribution is 2.43. The van der Waals surface area contributed by atoms with E-state index in [1.807, 2.05) is 23.5 Å². The first kappa shape index (κ1) is 14.3. The molecule has 0 bridgehead atoms. The number of likely N-dealkylation sites (tertiary alicyclic amines) is 1. The molecule has 1 aliphatic heterocycles. The van der Waals surface area contributed by atoms with Crippen molar-refractivity contribution in [3.8, 4) is 0 Å². The third kappa shape index (κ3) is 2.26. The lowest BCUT2D eigenvalue weighted by Crippen LogP contribution is -2.52. The number of nitrogens with zero attached hydrogens (tertiary/aromatic N) is 2. The Morgan fingerprint density at radius 1 is 1.40 bits per heavy atom. The van der Waals surface area contributed by atoms with E-state index in [1.54, 1.807) is 0 Å². The Balaban J connectivity index is 1.98. The Bertz CT molecular complexity index is 634. The molecular weight excluding hydrogens is 288 g/mol. The molecular formula is C16H21ClN2S. The van der Waals surface area contributed by atoms with Gasteiger partial charge in [0.1, 0.15) is 0 Å². The van der Waals surface area contributed by atoms with Gasteiger partial charge >= 0.3 is 0 Å². The minimum absolute atomic E-state index is 0.221. The van der Waals surface area contributed by atoms with Gasteiger partial charge in [0.2, 0.25) is 0 Å². The summed E-state index contributed by atoms with van der Waals surface area (Å²) < 4.78 is 1.24. The zero-order valence-corrected chi connectivity index (χ0v) is 14.1.